The zero-order chi connectivity index (χ0) is 11.5. The smallest absolute Gasteiger partial charge is 0.0589 e. The van der Waals surface area contributed by atoms with Crippen LogP contribution in [0.4, 0.5) is 0 Å². The molecule has 0 fully saturated rings. The van der Waals surface area contributed by atoms with Crippen molar-refractivity contribution in [3.05, 3.63) is 12.7 Å². The number of hydrogen-bond acceptors (Lipinski definition) is 3. The minimum absolute atomic E-state index is 0.582. The standard InChI is InChI=1S/C12H26N2O/c1-5-6-7-12(2)13-8-9-14(3)10-11-15-4/h5,12-13H,1,6-11H2,2-4H3. The normalized spacial score (nSPS) is 13.1. The van der Waals surface area contributed by atoms with Gasteiger partial charge < -0.3 is 15.0 Å². The van der Waals surface area contributed by atoms with E-state index >= 15 is 0 Å². The van der Waals surface area contributed by atoms with E-state index in [0.717, 1.165) is 32.7 Å². The summed E-state index contributed by atoms with van der Waals surface area (Å²) in [5.41, 5.74) is 0. The zero-order valence-electron chi connectivity index (χ0n) is 10.5. The lowest BCUT2D eigenvalue weighted by Gasteiger charge is -2.18. The van der Waals surface area contributed by atoms with Gasteiger partial charge in [-0.3, -0.25) is 0 Å². The summed E-state index contributed by atoms with van der Waals surface area (Å²) in [4.78, 5) is 2.27. The van der Waals surface area contributed by atoms with Gasteiger partial charge in [0.25, 0.3) is 0 Å². The summed E-state index contributed by atoms with van der Waals surface area (Å²) in [7, 11) is 3.86. The Morgan fingerprint density at radius 3 is 2.80 bits per heavy atom. The Morgan fingerprint density at radius 1 is 1.47 bits per heavy atom. The molecular weight excluding hydrogens is 188 g/mol. The first-order valence-electron chi connectivity index (χ1n) is 5.72. The molecule has 15 heavy (non-hydrogen) atoms. The van der Waals surface area contributed by atoms with Crippen molar-refractivity contribution in [3.63, 3.8) is 0 Å². The molecule has 3 nitrogen and oxygen atoms in total. The van der Waals surface area contributed by atoms with Crippen molar-refractivity contribution < 1.29 is 4.74 Å². The third-order valence-electron chi connectivity index (χ3n) is 2.47. The maximum absolute atomic E-state index is 5.02. The van der Waals surface area contributed by atoms with Gasteiger partial charge in [-0.1, -0.05) is 6.08 Å². The number of rotatable bonds is 10. The van der Waals surface area contributed by atoms with E-state index in [0.29, 0.717) is 6.04 Å². The van der Waals surface area contributed by atoms with Crippen molar-refractivity contribution in [3.8, 4) is 0 Å². The lowest BCUT2D eigenvalue weighted by atomic mass is 10.2. The molecular formula is C12H26N2O. The van der Waals surface area contributed by atoms with Gasteiger partial charge in [-0.2, -0.15) is 0 Å². The molecule has 0 saturated heterocycles. The van der Waals surface area contributed by atoms with Crippen molar-refractivity contribution in [1.82, 2.24) is 10.2 Å². The number of allylic oxidation sites excluding steroid dienone is 1. The molecule has 1 atom stereocenters. The first kappa shape index (κ1) is 14.6. The van der Waals surface area contributed by atoms with Crippen LogP contribution >= 0.6 is 0 Å². The van der Waals surface area contributed by atoms with Crippen LogP contribution < -0.4 is 5.32 Å². The Kier molecular flexibility index (Phi) is 9.89. The van der Waals surface area contributed by atoms with Crippen LogP contribution in [0.1, 0.15) is 19.8 Å². The summed E-state index contributed by atoms with van der Waals surface area (Å²) in [6.07, 6.45) is 4.24. The van der Waals surface area contributed by atoms with E-state index in [9.17, 15) is 0 Å². The highest BCUT2D eigenvalue weighted by atomic mass is 16.5. The second-order valence-electron chi connectivity index (χ2n) is 4.02. The highest BCUT2D eigenvalue weighted by molar-refractivity contribution is 4.71. The van der Waals surface area contributed by atoms with Gasteiger partial charge in [-0.25, -0.2) is 0 Å². The molecule has 0 aliphatic heterocycles. The van der Waals surface area contributed by atoms with E-state index in [1.807, 2.05) is 6.08 Å². The lowest BCUT2D eigenvalue weighted by molar-refractivity contribution is 0.161. The Morgan fingerprint density at radius 2 is 2.20 bits per heavy atom. The maximum atomic E-state index is 5.02. The maximum Gasteiger partial charge on any atom is 0.0589 e. The molecule has 0 aromatic rings. The largest absolute Gasteiger partial charge is 0.383 e. The number of hydrogen-bond donors (Lipinski definition) is 1. The molecule has 0 amide bonds. The number of ether oxygens (including phenoxy) is 1. The second-order valence-corrected chi connectivity index (χ2v) is 4.02. The van der Waals surface area contributed by atoms with Gasteiger partial charge in [0, 0.05) is 32.8 Å². The molecule has 0 aliphatic rings. The van der Waals surface area contributed by atoms with Crippen LogP contribution in [0, 0.1) is 0 Å². The fourth-order valence-corrected chi connectivity index (χ4v) is 1.33. The van der Waals surface area contributed by atoms with Crippen LogP contribution in [0.3, 0.4) is 0 Å². The average Bonchev–Trinajstić information content (AvgIpc) is 2.23. The minimum Gasteiger partial charge on any atom is -0.383 e. The van der Waals surface area contributed by atoms with Crippen LogP contribution in [0.5, 0.6) is 0 Å². The molecule has 3 heteroatoms. The van der Waals surface area contributed by atoms with Crippen LogP contribution in [0.25, 0.3) is 0 Å². The molecule has 0 spiro atoms. The Bertz CT molecular complexity index is 151. The Hall–Kier alpha value is -0.380. The number of methoxy groups -OCH3 is 1. The molecule has 0 aromatic carbocycles. The van der Waals surface area contributed by atoms with Gasteiger partial charge in [0.1, 0.15) is 0 Å². The fourth-order valence-electron chi connectivity index (χ4n) is 1.33. The summed E-state index contributed by atoms with van der Waals surface area (Å²) in [6.45, 7) is 9.86. The van der Waals surface area contributed by atoms with Gasteiger partial charge >= 0.3 is 0 Å². The Balaban J connectivity index is 3.31. The minimum atomic E-state index is 0.582. The van der Waals surface area contributed by atoms with E-state index in [2.05, 4.69) is 30.8 Å². The third-order valence-corrected chi connectivity index (χ3v) is 2.47. The summed E-state index contributed by atoms with van der Waals surface area (Å²) >= 11 is 0. The highest BCUT2D eigenvalue weighted by Gasteiger charge is 2.01. The highest BCUT2D eigenvalue weighted by Crippen LogP contribution is 1.95. The predicted octanol–water partition coefficient (Wildman–Crippen LogP) is 1.51. The van der Waals surface area contributed by atoms with Gasteiger partial charge in [-0.05, 0) is 26.8 Å². The molecule has 1 unspecified atom stereocenters. The fraction of sp³-hybridized carbons (Fsp3) is 0.833. The van der Waals surface area contributed by atoms with Crippen molar-refractivity contribution in [1.29, 1.82) is 0 Å². The lowest BCUT2D eigenvalue weighted by Crippen LogP contribution is -2.35. The first-order chi connectivity index (χ1) is 7.20. The number of nitrogens with one attached hydrogen (secondary N) is 1. The number of nitrogens with zero attached hydrogens (tertiary/aromatic N) is 1. The average molecular weight is 214 g/mol. The molecule has 0 aliphatic carbocycles. The van der Waals surface area contributed by atoms with Crippen LogP contribution in [-0.2, 0) is 4.74 Å². The van der Waals surface area contributed by atoms with E-state index in [1.165, 1.54) is 6.42 Å². The van der Waals surface area contributed by atoms with Crippen LogP contribution in [0.2, 0.25) is 0 Å². The molecule has 90 valence electrons. The molecule has 0 saturated carbocycles. The molecule has 0 bridgehead atoms. The van der Waals surface area contributed by atoms with E-state index in [4.69, 9.17) is 4.74 Å². The first-order valence-corrected chi connectivity index (χ1v) is 5.72. The van der Waals surface area contributed by atoms with E-state index in [1.54, 1.807) is 7.11 Å². The molecule has 0 aromatic heterocycles. The molecule has 0 radical (unpaired) electrons. The van der Waals surface area contributed by atoms with Crippen molar-refractivity contribution in [2.45, 2.75) is 25.8 Å². The number of likely N-dealkylation sites (N-methyl/N-ethyl adjacent to an activating group) is 1. The van der Waals surface area contributed by atoms with Crippen LogP contribution in [0.15, 0.2) is 12.7 Å². The van der Waals surface area contributed by atoms with Crippen molar-refractivity contribution in [2.24, 2.45) is 0 Å². The summed E-state index contributed by atoms with van der Waals surface area (Å²) < 4.78 is 5.02. The monoisotopic (exact) mass is 214 g/mol. The summed E-state index contributed by atoms with van der Waals surface area (Å²) in [5, 5.41) is 3.49. The zero-order valence-corrected chi connectivity index (χ0v) is 10.5. The van der Waals surface area contributed by atoms with Gasteiger partial charge in [0.05, 0.1) is 6.61 Å². The second kappa shape index (κ2) is 10.1. The van der Waals surface area contributed by atoms with Crippen molar-refractivity contribution >= 4 is 0 Å². The van der Waals surface area contributed by atoms with Gasteiger partial charge in [-0.15, -0.1) is 6.58 Å². The van der Waals surface area contributed by atoms with Gasteiger partial charge in [0.2, 0.25) is 0 Å². The predicted molar refractivity (Wildman–Crippen MR) is 66.3 cm³/mol. The quantitative estimate of drug-likeness (QED) is 0.558. The topological polar surface area (TPSA) is 24.5 Å². The molecule has 0 rings (SSSR count). The molecule has 1 N–H and O–H groups in total. The SMILES string of the molecule is C=CCCC(C)NCCN(C)CCOC. The van der Waals surface area contributed by atoms with Crippen LogP contribution in [-0.4, -0.2) is 51.3 Å². The summed E-state index contributed by atoms with van der Waals surface area (Å²) in [5.74, 6) is 0. The Labute approximate surface area is 94.5 Å². The van der Waals surface area contributed by atoms with Crippen molar-refractivity contribution in [2.75, 3.05) is 40.4 Å². The molecule has 0 heterocycles. The third kappa shape index (κ3) is 9.91. The van der Waals surface area contributed by atoms with Gasteiger partial charge in [0.15, 0.2) is 0 Å². The van der Waals surface area contributed by atoms with E-state index < -0.39 is 0 Å². The summed E-state index contributed by atoms with van der Waals surface area (Å²) in [6, 6.07) is 0.582. The van der Waals surface area contributed by atoms with E-state index in [-0.39, 0.29) is 0 Å².